The summed E-state index contributed by atoms with van der Waals surface area (Å²) in [4.78, 5) is 30.1. The van der Waals surface area contributed by atoms with Crippen LogP contribution in [0.4, 0.5) is 0 Å². The molecule has 0 unspecified atom stereocenters. The minimum absolute atomic E-state index is 0.910. The molecule has 0 aliphatic heterocycles. The molecule has 0 aromatic heterocycles. The highest BCUT2D eigenvalue weighted by molar-refractivity contribution is 6.38. The van der Waals surface area contributed by atoms with Gasteiger partial charge in [-0.15, -0.1) is 0 Å². The predicted octanol–water partition coefficient (Wildman–Crippen LogP) is -1.46. The molecule has 0 atom stereocenters. The number of rotatable bonds is 3. The molecule has 0 aromatic carbocycles. The number of carbonyl (C=O) groups excluding carboxylic acids is 2. The fourth-order valence-electron chi connectivity index (χ4n) is 0.280. The molecule has 0 radical (unpaired) electrons. The van der Waals surface area contributed by atoms with Crippen LogP contribution in [0.1, 0.15) is 6.42 Å². The summed E-state index contributed by atoms with van der Waals surface area (Å²) in [6, 6.07) is 0. The van der Waals surface area contributed by atoms with Crippen molar-refractivity contribution in [2.45, 2.75) is 6.42 Å². The van der Waals surface area contributed by atoms with E-state index in [0.717, 1.165) is 5.48 Å². The molecular weight excluding hydrogens is 142 g/mol. The molecule has 10 heavy (non-hydrogen) atoms. The zero-order chi connectivity index (χ0) is 8.15. The molecule has 0 rings (SSSR count). The predicted molar refractivity (Wildman–Crippen MR) is 27.2 cm³/mol. The molecule has 0 aliphatic carbocycles. The first-order valence-electron chi connectivity index (χ1n) is 2.27. The van der Waals surface area contributed by atoms with Gasteiger partial charge in [0.05, 0.1) is 0 Å². The van der Waals surface area contributed by atoms with Crippen LogP contribution >= 0.6 is 0 Å². The van der Waals surface area contributed by atoms with Crippen molar-refractivity contribution in [1.29, 1.82) is 0 Å². The second-order valence-electron chi connectivity index (χ2n) is 1.43. The van der Waals surface area contributed by atoms with Crippen molar-refractivity contribution < 1.29 is 24.7 Å². The van der Waals surface area contributed by atoms with Crippen LogP contribution in [0.2, 0.25) is 0 Å². The molecule has 0 bridgehead atoms. The number of ketones is 1. The lowest BCUT2D eigenvalue weighted by molar-refractivity contribution is -0.148. The molecule has 0 aromatic rings. The highest BCUT2D eigenvalue weighted by Gasteiger charge is 2.15. The highest BCUT2D eigenvalue weighted by Crippen LogP contribution is 1.81. The summed E-state index contributed by atoms with van der Waals surface area (Å²) in [5, 5.41) is 15.8. The van der Waals surface area contributed by atoms with E-state index in [0.29, 0.717) is 0 Å². The third kappa shape index (κ3) is 2.78. The van der Waals surface area contributed by atoms with Crippen molar-refractivity contribution in [1.82, 2.24) is 5.48 Å². The third-order valence-corrected chi connectivity index (χ3v) is 0.667. The molecule has 0 saturated heterocycles. The molecule has 0 saturated carbocycles. The number of carboxylic acids is 1. The van der Waals surface area contributed by atoms with Crippen LogP contribution in [0, 0.1) is 0 Å². The largest absolute Gasteiger partial charge is 0.481 e. The Kier molecular flexibility index (Phi) is 3.06. The Labute approximate surface area is 55.4 Å². The Balaban J connectivity index is 3.86. The minimum Gasteiger partial charge on any atom is -0.481 e. The minimum atomic E-state index is -1.41. The molecule has 56 valence electrons. The number of amides is 1. The summed E-state index contributed by atoms with van der Waals surface area (Å²) >= 11 is 0. The van der Waals surface area contributed by atoms with Crippen molar-refractivity contribution in [3.8, 4) is 0 Å². The van der Waals surface area contributed by atoms with Gasteiger partial charge in [0, 0.05) is 0 Å². The second kappa shape index (κ2) is 3.57. The van der Waals surface area contributed by atoms with Gasteiger partial charge >= 0.3 is 11.9 Å². The number of Topliss-reactive ketones (excluding diaryl/α,β-unsaturated/α-hetero) is 1. The zero-order valence-electron chi connectivity index (χ0n) is 4.83. The lowest BCUT2D eigenvalue weighted by atomic mass is 10.3. The van der Waals surface area contributed by atoms with Crippen LogP contribution < -0.4 is 5.48 Å². The normalized spacial score (nSPS) is 8.50. The van der Waals surface area contributed by atoms with Crippen LogP contribution in [0.5, 0.6) is 0 Å². The lowest BCUT2D eigenvalue weighted by Crippen LogP contribution is -2.29. The van der Waals surface area contributed by atoms with Crippen molar-refractivity contribution >= 4 is 17.7 Å². The first kappa shape index (κ1) is 8.57. The van der Waals surface area contributed by atoms with E-state index in [1.54, 1.807) is 0 Å². The summed E-state index contributed by atoms with van der Waals surface area (Å²) in [5.41, 5.74) is 1.02. The van der Waals surface area contributed by atoms with Crippen molar-refractivity contribution in [3.63, 3.8) is 0 Å². The van der Waals surface area contributed by atoms with Gasteiger partial charge in [-0.1, -0.05) is 0 Å². The number of carbonyl (C=O) groups is 3. The Morgan fingerprint density at radius 3 is 2.10 bits per heavy atom. The number of hydroxylamine groups is 1. The molecule has 0 aliphatic rings. The number of carboxylic acid groups (broad SMARTS) is 1. The first-order chi connectivity index (χ1) is 4.57. The van der Waals surface area contributed by atoms with Gasteiger partial charge in [-0.3, -0.25) is 19.6 Å². The van der Waals surface area contributed by atoms with E-state index in [1.165, 1.54) is 0 Å². The van der Waals surface area contributed by atoms with E-state index < -0.39 is 24.1 Å². The van der Waals surface area contributed by atoms with E-state index >= 15 is 0 Å². The van der Waals surface area contributed by atoms with Gasteiger partial charge < -0.3 is 5.11 Å². The van der Waals surface area contributed by atoms with Gasteiger partial charge in [0.15, 0.2) is 0 Å². The van der Waals surface area contributed by atoms with Gasteiger partial charge in [0.2, 0.25) is 5.78 Å². The van der Waals surface area contributed by atoms with Gasteiger partial charge in [-0.05, 0) is 0 Å². The second-order valence-corrected chi connectivity index (χ2v) is 1.43. The summed E-state index contributed by atoms with van der Waals surface area (Å²) in [6.07, 6.45) is -0.910. The zero-order valence-corrected chi connectivity index (χ0v) is 4.83. The third-order valence-electron chi connectivity index (χ3n) is 0.667. The van der Waals surface area contributed by atoms with Gasteiger partial charge in [-0.25, -0.2) is 5.48 Å². The maximum absolute atomic E-state index is 10.2. The van der Waals surface area contributed by atoms with Crippen LogP contribution in [0.25, 0.3) is 0 Å². The average molecular weight is 147 g/mol. The topological polar surface area (TPSA) is 104 Å². The van der Waals surface area contributed by atoms with E-state index in [-0.39, 0.29) is 0 Å². The van der Waals surface area contributed by atoms with Crippen molar-refractivity contribution in [2.24, 2.45) is 0 Å². The standard InChI is InChI=1S/C4H5NO5/c6-2(1-3(7)8)4(9)5-10/h10H,1H2,(H,5,9)(H,7,8). The molecule has 0 heterocycles. The van der Waals surface area contributed by atoms with Crippen LogP contribution in [0.3, 0.4) is 0 Å². The summed E-state index contributed by atoms with van der Waals surface area (Å²) < 4.78 is 0. The molecule has 3 N–H and O–H groups in total. The molecule has 0 spiro atoms. The Morgan fingerprint density at radius 2 is 1.80 bits per heavy atom. The van der Waals surface area contributed by atoms with E-state index in [9.17, 15) is 14.4 Å². The lowest BCUT2D eigenvalue weighted by Gasteiger charge is -1.91. The SMILES string of the molecule is O=C(O)CC(=O)C(=O)NO. The number of aliphatic carboxylic acids is 1. The smallest absolute Gasteiger partial charge is 0.311 e. The first-order valence-corrected chi connectivity index (χ1v) is 2.27. The Bertz CT molecular complexity index is 174. The Morgan fingerprint density at radius 1 is 1.30 bits per heavy atom. The number of hydrogen-bond donors (Lipinski definition) is 3. The van der Waals surface area contributed by atoms with E-state index in [4.69, 9.17) is 10.3 Å². The maximum Gasteiger partial charge on any atom is 0.311 e. The number of hydrogen-bond acceptors (Lipinski definition) is 4. The maximum atomic E-state index is 10.2. The summed E-state index contributed by atoms with van der Waals surface area (Å²) in [6.45, 7) is 0. The van der Waals surface area contributed by atoms with Crippen LogP contribution in [-0.2, 0) is 14.4 Å². The fraction of sp³-hybridized carbons (Fsp3) is 0.250. The number of nitrogens with one attached hydrogen (secondary N) is 1. The van der Waals surface area contributed by atoms with E-state index in [2.05, 4.69) is 0 Å². The Hall–Kier alpha value is -1.43. The average Bonchev–Trinajstić information content (AvgIpc) is 1.85. The van der Waals surface area contributed by atoms with Gasteiger partial charge in [-0.2, -0.15) is 0 Å². The summed E-state index contributed by atoms with van der Waals surface area (Å²) in [7, 11) is 0. The molecule has 6 nitrogen and oxygen atoms in total. The highest BCUT2D eigenvalue weighted by atomic mass is 16.5. The van der Waals surface area contributed by atoms with E-state index in [1.807, 2.05) is 0 Å². The van der Waals surface area contributed by atoms with Gasteiger partial charge in [0.1, 0.15) is 6.42 Å². The molecule has 6 heteroatoms. The van der Waals surface area contributed by atoms with Crippen molar-refractivity contribution in [3.05, 3.63) is 0 Å². The molecule has 0 fully saturated rings. The van der Waals surface area contributed by atoms with Crippen LogP contribution in [0.15, 0.2) is 0 Å². The van der Waals surface area contributed by atoms with Crippen LogP contribution in [-0.4, -0.2) is 28.0 Å². The van der Waals surface area contributed by atoms with Crippen molar-refractivity contribution in [2.75, 3.05) is 0 Å². The monoisotopic (exact) mass is 147 g/mol. The molecule has 1 amide bonds. The fourth-order valence-corrected chi connectivity index (χ4v) is 0.280. The summed E-state index contributed by atoms with van der Waals surface area (Å²) in [5.74, 6) is -3.91. The quantitative estimate of drug-likeness (QED) is 0.196. The molecular formula is C4H5NO5. The van der Waals surface area contributed by atoms with Gasteiger partial charge in [0.25, 0.3) is 0 Å².